The Balaban J connectivity index is -0.000000295. The summed E-state index contributed by atoms with van der Waals surface area (Å²) in [6.07, 6.45) is 7.43. The van der Waals surface area contributed by atoms with E-state index in [-0.39, 0.29) is 60.7 Å². The van der Waals surface area contributed by atoms with E-state index in [1.54, 1.807) is 0 Å². The van der Waals surface area contributed by atoms with Crippen LogP contribution in [0.3, 0.4) is 0 Å². The van der Waals surface area contributed by atoms with Crippen LogP contribution in [-0.2, 0) is 9.59 Å². The molecule has 0 aromatic heterocycles. The molecule has 0 spiro atoms. The Bertz CT molecular complexity index is 231. The third-order valence-electron chi connectivity index (χ3n) is 3.50. The second-order valence-corrected chi connectivity index (χ2v) is 5.17. The zero-order chi connectivity index (χ0) is 16.0. The summed E-state index contributed by atoms with van der Waals surface area (Å²) in [6.45, 7) is 8.01. The maximum atomic E-state index is 10.4. The third-order valence-corrected chi connectivity index (χ3v) is 3.50. The molecule has 0 aromatic carbocycles. The standard InChI is InChI=1S/2C8H16O2.Ba.2H/c2*1-3-5-6-7(4-2)8(9)10;;;/h2*7H,3-6H2,1-2H3,(H,9,10);;;. The van der Waals surface area contributed by atoms with Crippen LogP contribution in [0.4, 0.5) is 0 Å². The second-order valence-electron chi connectivity index (χ2n) is 5.17. The van der Waals surface area contributed by atoms with Crippen molar-refractivity contribution in [1.82, 2.24) is 0 Å². The maximum absolute atomic E-state index is 10.4. The number of rotatable bonds is 10. The van der Waals surface area contributed by atoms with Gasteiger partial charge in [0.25, 0.3) is 0 Å². The van der Waals surface area contributed by atoms with Crippen molar-refractivity contribution < 1.29 is 19.8 Å². The normalized spacial score (nSPS) is 12.4. The molecular weight excluding hydrogens is 394 g/mol. The number of carboxylic acids is 2. The van der Waals surface area contributed by atoms with E-state index in [2.05, 4.69) is 13.8 Å². The monoisotopic (exact) mass is 428 g/mol. The SMILES string of the molecule is CCCCC(CC)C(=O)O.CCCCC(CC)C(=O)O.[BaH2]. The zero-order valence-corrected chi connectivity index (χ0v) is 13.5. The van der Waals surface area contributed by atoms with Crippen LogP contribution in [0.1, 0.15) is 79.1 Å². The topological polar surface area (TPSA) is 74.6 Å². The molecule has 0 aromatic rings. The van der Waals surface area contributed by atoms with Gasteiger partial charge in [0.05, 0.1) is 11.8 Å². The Hall–Kier alpha value is 0.511. The van der Waals surface area contributed by atoms with Gasteiger partial charge in [-0.1, -0.05) is 53.4 Å². The molecule has 0 saturated carbocycles. The van der Waals surface area contributed by atoms with E-state index in [0.29, 0.717) is 0 Å². The fraction of sp³-hybridized carbons (Fsp3) is 0.875. The van der Waals surface area contributed by atoms with Gasteiger partial charge >= 0.3 is 60.8 Å². The van der Waals surface area contributed by atoms with Crippen molar-refractivity contribution in [1.29, 1.82) is 0 Å². The van der Waals surface area contributed by atoms with Gasteiger partial charge in [-0.25, -0.2) is 0 Å². The van der Waals surface area contributed by atoms with Crippen molar-refractivity contribution in [2.75, 3.05) is 0 Å². The molecule has 0 heterocycles. The van der Waals surface area contributed by atoms with Crippen molar-refractivity contribution in [3.8, 4) is 0 Å². The molecule has 0 saturated heterocycles. The van der Waals surface area contributed by atoms with Gasteiger partial charge in [-0.05, 0) is 25.7 Å². The number of hydrogen-bond acceptors (Lipinski definition) is 2. The van der Waals surface area contributed by atoms with E-state index in [9.17, 15) is 9.59 Å². The van der Waals surface area contributed by atoms with Crippen LogP contribution in [0.25, 0.3) is 0 Å². The number of hydrogen-bond donors (Lipinski definition) is 2. The second kappa shape index (κ2) is 18.6. The number of carboxylic acid groups (broad SMARTS) is 2. The summed E-state index contributed by atoms with van der Waals surface area (Å²) in [5.74, 6) is -1.51. The fourth-order valence-electron chi connectivity index (χ4n) is 1.91. The average molecular weight is 428 g/mol. The molecule has 0 radical (unpaired) electrons. The van der Waals surface area contributed by atoms with Gasteiger partial charge in [-0.2, -0.15) is 0 Å². The van der Waals surface area contributed by atoms with Crippen LogP contribution < -0.4 is 0 Å². The molecule has 0 aliphatic carbocycles. The van der Waals surface area contributed by atoms with Crippen LogP contribution in [-0.4, -0.2) is 71.0 Å². The van der Waals surface area contributed by atoms with Gasteiger partial charge in [-0.15, -0.1) is 0 Å². The van der Waals surface area contributed by atoms with Gasteiger partial charge in [0, 0.05) is 0 Å². The minimum atomic E-state index is -0.643. The van der Waals surface area contributed by atoms with Crippen molar-refractivity contribution in [3.05, 3.63) is 0 Å². The number of carbonyl (C=O) groups is 2. The quantitative estimate of drug-likeness (QED) is 0.522. The molecule has 0 bridgehead atoms. The molecule has 21 heavy (non-hydrogen) atoms. The third kappa shape index (κ3) is 16.7. The van der Waals surface area contributed by atoms with E-state index in [0.717, 1.165) is 51.4 Å². The molecule has 0 aliphatic heterocycles. The van der Waals surface area contributed by atoms with Gasteiger partial charge in [0.1, 0.15) is 0 Å². The van der Waals surface area contributed by atoms with Gasteiger partial charge in [0.2, 0.25) is 0 Å². The average Bonchev–Trinajstić information content (AvgIpc) is 2.40. The Labute approximate surface area is 170 Å². The molecule has 2 unspecified atom stereocenters. The molecule has 5 heteroatoms. The minimum absolute atomic E-state index is 0. The predicted octanol–water partition coefficient (Wildman–Crippen LogP) is 3.66. The summed E-state index contributed by atoms with van der Waals surface area (Å²) in [5, 5.41) is 17.2. The number of aliphatic carboxylic acids is 2. The summed E-state index contributed by atoms with van der Waals surface area (Å²) in [4.78, 5) is 20.9. The fourth-order valence-corrected chi connectivity index (χ4v) is 1.91. The zero-order valence-electron chi connectivity index (χ0n) is 13.5. The van der Waals surface area contributed by atoms with Crippen molar-refractivity contribution >= 4 is 60.8 Å². The summed E-state index contributed by atoms with van der Waals surface area (Å²) < 4.78 is 0. The first kappa shape index (κ1) is 26.4. The molecule has 2 N–H and O–H groups in total. The molecule has 124 valence electrons. The first-order chi connectivity index (χ1) is 9.44. The van der Waals surface area contributed by atoms with Crippen LogP contribution in [0.15, 0.2) is 0 Å². The van der Waals surface area contributed by atoms with Crippen LogP contribution >= 0.6 is 0 Å². The summed E-state index contributed by atoms with van der Waals surface area (Å²) in [7, 11) is 0. The Morgan fingerprint density at radius 2 is 1.05 bits per heavy atom. The van der Waals surface area contributed by atoms with Gasteiger partial charge < -0.3 is 10.2 Å². The molecule has 0 rings (SSSR count). The molecule has 0 fully saturated rings. The van der Waals surface area contributed by atoms with Crippen molar-refractivity contribution in [2.24, 2.45) is 11.8 Å². The van der Waals surface area contributed by atoms with E-state index < -0.39 is 11.9 Å². The van der Waals surface area contributed by atoms with E-state index in [4.69, 9.17) is 10.2 Å². The molecule has 0 amide bonds. The van der Waals surface area contributed by atoms with Gasteiger partial charge in [-0.3, -0.25) is 9.59 Å². The predicted molar refractivity (Wildman–Crippen MR) is 90.4 cm³/mol. The molecular formula is C16H34BaO4. The van der Waals surface area contributed by atoms with Crippen molar-refractivity contribution in [3.63, 3.8) is 0 Å². The molecule has 2 atom stereocenters. The Kier molecular flexibility index (Phi) is 23.3. The van der Waals surface area contributed by atoms with Crippen LogP contribution in [0, 0.1) is 11.8 Å². The van der Waals surface area contributed by atoms with E-state index >= 15 is 0 Å². The van der Waals surface area contributed by atoms with Crippen LogP contribution in [0.2, 0.25) is 0 Å². The Morgan fingerprint density at radius 3 is 1.19 bits per heavy atom. The first-order valence-electron chi connectivity index (χ1n) is 7.89. The molecule has 4 nitrogen and oxygen atoms in total. The Morgan fingerprint density at radius 1 is 0.762 bits per heavy atom. The van der Waals surface area contributed by atoms with Crippen molar-refractivity contribution in [2.45, 2.75) is 79.1 Å². The first-order valence-corrected chi connectivity index (χ1v) is 7.89. The van der Waals surface area contributed by atoms with E-state index in [1.165, 1.54) is 0 Å². The van der Waals surface area contributed by atoms with Crippen LogP contribution in [0.5, 0.6) is 0 Å². The number of unbranched alkanes of at least 4 members (excludes halogenated alkanes) is 2. The molecule has 0 aliphatic rings. The summed E-state index contributed by atoms with van der Waals surface area (Å²) >= 11 is 0. The van der Waals surface area contributed by atoms with E-state index in [1.807, 2.05) is 13.8 Å². The summed E-state index contributed by atoms with van der Waals surface area (Å²) in [5.41, 5.74) is 0. The summed E-state index contributed by atoms with van der Waals surface area (Å²) in [6, 6.07) is 0. The van der Waals surface area contributed by atoms with Gasteiger partial charge in [0.15, 0.2) is 0 Å².